The molecular formula is C11H9F3N4O3. The molecule has 2 aromatic heterocycles. The molecule has 1 amide bonds. The average molecular weight is 302 g/mol. The van der Waals surface area contributed by atoms with Crippen LogP contribution in [0.3, 0.4) is 0 Å². The summed E-state index contributed by atoms with van der Waals surface area (Å²) in [6, 6.07) is 0. The number of hydrogen-bond acceptors (Lipinski definition) is 4. The molecule has 7 nitrogen and oxygen atoms in total. The molecule has 0 atom stereocenters. The van der Waals surface area contributed by atoms with Gasteiger partial charge in [-0.1, -0.05) is 0 Å². The van der Waals surface area contributed by atoms with E-state index in [-0.39, 0.29) is 24.2 Å². The zero-order valence-electron chi connectivity index (χ0n) is 10.4. The molecule has 0 unspecified atom stereocenters. The number of hydrogen-bond donors (Lipinski definition) is 2. The third-order valence-corrected chi connectivity index (χ3v) is 2.60. The van der Waals surface area contributed by atoms with Crippen molar-refractivity contribution in [2.24, 2.45) is 0 Å². The molecule has 0 aromatic carbocycles. The summed E-state index contributed by atoms with van der Waals surface area (Å²) in [5, 5.41) is 14.4. The molecule has 112 valence electrons. The molecule has 21 heavy (non-hydrogen) atoms. The van der Waals surface area contributed by atoms with Gasteiger partial charge < -0.3 is 10.4 Å². The van der Waals surface area contributed by atoms with Crippen LogP contribution in [0.4, 0.5) is 13.2 Å². The van der Waals surface area contributed by atoms with Crippen molar-refractivity contribution < 1.29 is 27.9 Å². The Hall–Kier alpha value is -2.65. The fourth-order valence-electron chi connectivity index (χ4n) is 1.61. The lowest BCUT2D eigenvalue weighted by Gasteiger charge is -2.07. The quantitative estimate of drug-likeness (QED) is 0.864. The summed E-state index contributed by atoms with van der Waals surface area (Å²) >= 11 is 0. The second-order valence-corrected chi connectivity index (χ2v) is 4.10. The van der Waals surface area contributed by atoms with Crippen molar-refractivity contribution in [3.63, 3.8) is 0 Å². The predicted molar refractivity (Wildman–Crippen MR) is 62.7 cm³/mol. The Kier molecular flexibility index (Phi) is 3.78. The zero-order chi connectivity index (χ0) is 15.6. The summed E-state index contributed by atoms with van der Waals surface area (Å²) in [5.41, 5.74) is 0.558. The van der Waals surface area contributed by atoms with Gasteiger partial charge in [0, 0.05) is 18.9 Å². The Morgan fingerprint density at radius 2 is 2.05 bits per heavy atom. The van der Waals surface area contributed by atoms with Crippen LogP contribution >= 0.6 is 0 Å². The van der Waals surface area contributed by atoms with E-state index in [4.69, 9.17) is 5.11 Å². The number of rotatable bonds is 4. The van der Waals surface area contributed by atoms with Crippen molar-refractivity contribution in [3.8, 4) is 0 Å². The number of halogens is 3. The Morgan fingerprint density at radius 3 is 2.67 bits per heavy atom. The monoisotopic (exact) mass is 302 g/mol. The maximum Gasteiger partial charge on any atom is 0.471 e. The van der Waals surface area contributed by atoms with Crippen molar-refractivity contribution in [2.75, 3.05) is 6.54 Å². The maximum absolute atomic E-state index is 12.0. The molecule has 0 radical (unpaired) electrons. The first-order chi connectivity index (χ1) is 9.79. The summed E-state index contributed by atoms with van der Waals surface area (Å²) in [6.45, 7) is -0.224. The Bertz CT molecular complexity index is 696. The molecule has 0 fully saturated rings. The van der Waals surface area contributed by atoms with Crippen molar-refractivity contribution >= 4 is 17.5 Å². The van der Waals surface area contributed by atoms with Crippen LogP contribution in [0.5, 0.6) is 0 Å². The molecule has 0 aliphatic rings. The van der Waals surface area contributed by atoms with Crippen LogP contribution in [0.25, 0.3) is 5.65 Å². The molecule has 0 saturated heterocycles. The number of amides is 1. The molecule has 0 aliphatic carbocycles. The lowest BCUT2D eigenvalue weighted by Crippen LogP contribution is -2.37. The third kappa shape index (κ3) is 3.27. The fourth-order valence-corrected chi connectivity index (χ4v) is 1.61. The molecule has 2 heterocycles. The minimum absolute atomic E-state index is 0.0769. The highest BCUT2D eigenvalue weighted by atomic mass is 19.4. The Balaban J connectivity index is 2.04. The Labute approximate surface area is 115 Å². The van der Waals surface area contributed by atoms with E-state index >= 15 is 0 Å². The lowest BCUT2D eigenvalue weighted by atomic mass is 10.2. The number of nitrogens with zero attached hydrogens (tertiary/aromatic N) is 3. The second-order valence-electron chi connectivity index (χ2n) is 4.10. The van der Waals surface area contributed by atoms with Gasteiger partial charge in [0.25, 0.3) is 0 Å². The van der Waals surface area contributed by atoms with Crippen LogP contribution in [0.2, 0.25) is 0 Å². The minimum Gasteiger partial charge on any atom is -0.477 e. The average Bonchev–Trinajstić information content (AvgIpc) is 2.80. The molecular weight excluding hydrogens is 293 g/mol. The normalized spacial score (nSPS) is 11.6. The van der Waals surface area contributed by atoms with Gasteiger partial charge in [0.2, 0.25) is 0 Å². The first-order valence-corrected chi connectivity index (χ1v) is 5.69. The van der Waals surface area contributed by atoms with E-state index in [2.05, 4.69) is 10.1 Å². The van der Waals surface area contributed by atoms with Crippen LogP contribution in [-0.4, -0.2) is 44.3 Å². The maximum atomic E-state index is 12.0. The van der Waals surface area contributed by atoms with Gasteiger partial charge >= 0.3 is 18.1 Å². The van der Waals surface area contributed by atoms with E-state index in [0.717, 1.165) is 6.20 Å². The second kappa shape index (κ2) is 5.38. The standard InChI is InChI=1S/C11H9F3N4O3/c12-11(13,14)10(21)15-2-1-6-3-16-8-7(9(19)20)4-17-18(8)5-6/h3-5H,1-2H2,(H,15,21)(H,19,20). The number of carboxylic acid groups (broad SMARTS) is 1. The van der Waals surface area contributed by atoms with E-state index in [1.807, 2.05) is 0 Å². The molecule has 0 aliphatic heterocycles. The summed E-state index contributed by atoms with van der Waals surface area (Å²) < 4.78 is 37.1. The first-order valence-electron chi connectivity index (χ1n) is 5.69. The van der Waals surface area contributed by atoms with Gasteiger partial charge in [-0.25, -0.2) is 14.3 Å². The topological polar surface area (TPSA) is 96.6 Å². The number of alkyl halides is 3. The summed E-state index contributed by atoms with van der Waals surface area (Å²) in [7, 11) is 0. The molecule has 0 spiro atoms. The number of carbonyl (C=O) groups is 2. The predicted octanol–water partition coefficient (Wildman–Crippen LogP) is 0.648. The van der Waals surface area contributed by atoms with Crippen LogP contribution in [-0.2, 0) is 11.2 Å². The largest absolute Gasteiger partial charge is 0.477 e. The highest BCUT2D eigenvalue weighted by molar-refractivity contribution is 5.94. The van der Waals surface area contributed by atoms with E-state index in [0.29, 0.717) is 5.56 Å². The van der Waals surface area contributed by atoms with Crippen LogP contribution in [0, 0.1) is 0 Å². The summed E-state index contributed by atoms with van der Waals surface area (Å²) in [4.78, 5) is 25.4. The number of fused-ring (bicyclic) bond motifs is 1. The van der Waals surface area contributed by atoms with E-state index in [1.165, 1.54) is 16.9 Å². The van der Waals surface area contributed by atoms with Crippen molar-refractivity contribution in [2.45, 2.75) is 12.6 Å². The highest BCUT2D eigenvalue weighted by Crippen LogP contribution is 2.14. The molecule has 2 aromatic rings. The van der Waals surface area contributed by atoms with E-state index in [1.54, 1.807) is 5.32 Å². The van der Waals surface area contributed by atoms with Crippen molar-refractivity contribution in [1.29, 1.82) is 0 Å². The molecule has 0 saturated carbocycles. The number of carboxylic acids is 1. The van der Waals surface area contributed by atoms with Crippen molar-refractivity contribution in [3.05, 3.63) is 29.7 Å². The fraction of sp³-hybridized carbons (Fsp3) is 0.273. The molecule has 0 bridgehead atoms. The molecule has 2 N–H and O–H groups in total. The van der Waals surface area contributed by atoms with Gasteiger partial charge in [-0.2, -0.15) is 18.3 Å². The number of aromatic nitrogens is 3. The smallest absolute Gasteiger partial charge is 0.471 e. The van der Waals surface area contributed by atoms with Gasteiger partial charge in [0.1, 0.15) is 5.56 Å². The van der Waals surface area contributed by atoms with Crippen LogP contribution in [0.15, 0.2) is 18.6 Å². The number of nitrogens with one attached hydrogen (secondary N) is 1. The van der Waals surface area contributed by atoms with Gasteiger partial charge in [-0.05, 0) is 12.0 Å². The van der Waals surface area contributed by atoms with Crippen molar-refractivity contribution in [1.82, 2.24) is 19.9 Å². The SMILES string of the molecule is O=C(O)c1cnn2cc(CCNC(=O)C(F)(F)F)cnc12. The summed E-state index contributed by atoms with van der Waals surface area (Å²) in [5.74, 6) is -3.19. The first kappa shape index (κ1) is 14.8. The zero-order valence-corrected chi connectivity index (χ0v) is 10.4. The van der Waals surface area contributed by atoms with Gasteiger partial charge in [0.15, 0.2) is 5.65 Å². The lowest BCUT2D eigenvalue weighted by molar-refractivity contribution is -0.173. The number of aromatic carboxylic acids is 1. The van der Waals surface area contributed by atoms with Gasteiger partial charge in [-0.15, -0.1) is 0 Å². The molecule has 10 heteroatoms. The molecule has 2 rings (SSSR count). The van der Waals surface area contributed by atoms with E-state index < -0.39 is 18.1 Å². The summed E-state index contributed by atoms with van der Waals surface area (Å²) in [6.07, 6.45) is -0.925. The van der Waals surface area contributed by atoms with Crippen LogP contribution < -0.4 is 5.32 Å². The van der Waals surface area contributed by atoms with Crippen LogP contribution in [0.1, 0.15) is 15.9 Å². The van der Waals surface area contributed by atoms with Gasteiger partial charge in [0.05, 0.1) is 6.20 Å². The van der Waals surface area contributed by atoms with E-state index in [9.17, 15) is 22.8 Å². The third-order valence-electron chi connectivity index (χ3n) is 2.60. The highest BCUT2D eigenvalue weighted by Gasteiger charge is 2.38. The number of carbonyl (C=O) groups excluding carboxylic acids is 1. The van der Waals surface area contributed by atoms with Gasteiger partial charge in [-0.3, -0.25) is 4.79 Å². The minimum atomic E-state index is -4.92. The Morgan fingerprint density at radius 1 is 1.33 bits per heavy atom.